The van der Waals surface area contributed by atoms with E-state index in [0.29, 0.717) is 0 Å². The summed E-state index contributed by atoms with van der Waals surface area (Å²) in [6, 6.07) is 10.7. The highest BCUT2D eigenvalue weighted by atomic mass is 32.1. The van der Waals surface area contributed by atoms with Gasteiger partial charge in [-0.1, -0.05) is 30.3 Å². The highest BCUT2D eigenvalue weighted by Gasteiger charge is 2.05. The van der Waals surface area contributed by atoms with Crippen LogP contribution in [0.2, 0.25) is 0 Å². The first-order valence-corrected chi connectivity index (χ1v) is 6.39. The zero-order valence-corrected chi connectivity index (χ0v) is 9.99. The van der Waals surface area contributed by atoms with Crippen molar-refractivity contribution in [3.05, 3.63) is 52.5 Å². The van der Waals surface area contributed by atoms with Crippen LogP contribution in [0.5, 0.6) is 0 Å². The largest absolute Gasteiger partial charge is 0.327 e. The molecule has 0 saturated heterocycles. The molecule has 0 aliphatic heterocycles. The van der Waals surface area contributed by atoms with Gasteiger partial charge in [0.25, 0.3) is 0 Å². The molecule has 2 nitrogen and oxygen atoms in total. The quantitative estimate of drug-likeness (QED) is 0.860. The van der Waals surface area contributed by atoms with Gasteiger partial charge in [-0.05, 0) is 24.8 Å². The van der Waals surface area contributed by atoms with E-state index < -0.39 is 0 Å². The minimum absolute atomic E-state index is 0.237. The van der Waals surface area contributed by atoms with E-state index in [1.54, 1.807) is 11.3 Å². The predicted molar refractivity (Wildman–Crippen MR) is 68.6 cm³/mol. The molecule has 1 aromatic carbocycles. The molecule has 1 unspecified atom stereocenters. The van der Waals surface area contributed by atoms with Crippen molar-refractivity contribution in [1.29, 1.82) is 0 Å². The van der Waals surface area contributed by atoms with Crippen molar-refractivity contribution in [2.75, 3.05) is 0 Å². The second kappa shape index (κ2) is 5.77. The fourth-order valence-corrected chi connectivity index (χ4v) is 2.39. The Morgan fingerprint density at radius 2 is 2.06 bits per heavy atom. The van der Waals surface area contributed by atoms with Crippen molar-refractivity contribution in [2.45, 2.75) is 25.3 Å². The van der Waals surface area contributed by atoms with Crippen LogP contribution in [0.4, 0.5) is 0 Å². The highest BCUT2D eigenvalue weighted by Crippen LogP contribution is 2.11. The van der Waals surface area contributed by atoms with Crippen molar-refractivity contribution >= 4 is 11.3 Å². The monoisotopic (exact) mass is 232 g/mol. The van der Waals surface area contributed by atoms with Gasteiger partial charge in [-0.25, -0.2) is 0 Å². The second-order valence-electron chi connectivity index (χ2n) is 3.96. The van der Waals surface area contributed by atoms with Gasteiger partial charge in [-0.15, -0.1) is 11.3 Å². The molecule has 0 saturated carbocycles. The van der Waals surface area contributed by atoms with E-state index in [1.807, 2.05) is 17.8 Å². The summed E-state index contributed by atoms with van der Waals surface area (Å²) >= 11 is 1.68. The van der Waals surface area contributed by atoms with Gasteiger partial charge in [0.1, 0.15) is 0 Å². The molecule has 0 radical (unpaired) electrons. The van der Waals surface area contributed by atoms with Gasteiger partial charge in [-0.2, -0.15) is 0 Å². The molecule has 1 aromatic heterocycles. The fraction of sp³-hybridized carbons (Fsp3) is 0.308. The van der Waals surface area contributed by atoms with E-state index in [0.717, 1.165) is 19.3 Å². The number of aryl methyl sites for hydroxylation is 1. The highest BCUT2D eigenvalue weighted by molar-refractivity contribution is 7.09. The van der Waals surface area contributed by atoms with Crippen LogP contribution in [0.25, 0.3) is 0 Å². The molecule has 1 atom stereocenters. The van der Waals surface area contributed by atoms with E-state index in [-0.39, 0.29) is 6.04 Å². The number of aromatic nitrogens is 1. The predicted octanol–water partition coefficient (Wildman–Crippen LogP) is 2.65. The third-order valence-corrected chi connectivity index (χ3v) is 3.40. The van der Waals surface area contributed by atoms with Gasteiger partial charge >= 0.3 is 0 Å². The number of benzene rings is 1. The molecule has 1 heterocycles. The molecule has 84 valence electrons. The van der Waals surface area contributed by atoms with E-state index in [1.165, 1.54) is 10.4 Å². The molecule has 0 amide bonds. The molecule has 0 fully saturated rings. The molecule has 2 rings (SSSR count). The molecule has 3 heteroatoms. The maximum atomic E-state index is 6.09. The normalized spacial score (nSPS) is 12.6. The van der Waals surface area contributed by atoms with Crippen LogP contribution in [0.15, 0.2) is 42.0 Å². The summed E-state index contributed by atoms with van der Waals surface area (Å²) in [7, 11) is 0. The summed E-state index contributed by atoms with van der Waals surface area (Å²) in [6.45, 7) is 0. The summed E-state index contributed by atoms with van der Waals surface area (Å²) < 4.78 is 0. The number of nitrogens with two attached hydrogens (primary N) is 1. The Labute approximate surface area is 100 Å². The van der Waals surface area contributed by atoms with Crippen LogP contribution < -0.4 is 5.73 Å². The minimum Gasteiger partial charge on any atom is -0.327 e. The number of nitrogens with zero attached hydrogens (tertiary/aromatic N) is 1. The van der Waals surface area contributed by atoms with E-state index >= 15 is 0 Å². The summed E-state index contributed by atoms with van der Waals surface area (Å²) in [5, 5.41) is 0. The van der Waals surface area contributed by atoms with Crippen LogP contribution in [0, 0.1) is 0 Å². The van der Waals surface area contributed by atoms with E-state index in [2.05, 4.69) is 29.2 Å². The SMILES string of the molecule is NC(CCc1ccccc1)Cc1cncs1. The molecular weight excluding hydrogens is 216 g/mol. The van der Waals surface area contributed by atoms with Crippen molar-refractivity contribution in [1.82, 2.24) is 4.98 Å². The first kappa shape index (κ1) is 11.3. The van der Waals surface area contributed by atoms with Gasteiger partial charge in [0.15, 0.2) is 0 Å². The Morgan fingerprint density at radius 3 is 2.75 bits per heavy atom. The van der Waals surface area contributed by atoms with Crippen LogP contribution in [-0.2, 0) is 12.8 Å². The van der Waals surface area contributed by atoms with Gasteiger partial charge in [0.05, 0.1) is 5.51 Å². The Bertz CT molecular complexity index is 397. The smallest absolute Gasteiger partial charge is 0.0794 e. The fourth-order valence-electron chi connectivity index (χ4n) is 1.70. The lowest BCUT2D eigenvalue weighted by molar-refractivity contribution is 0.614. The van der Waals surface area contributed by atoms with Gasteiger partial charge < -0.3 is 5.73 Å². The molecule has 2 aromatic rings. The number of hydrogen-bond acceptors (Lipinski definition) is 3. The topological polar surface area (TPSA) is 38.9 Å². The summed E-state index contributed by atoms with van der Waals surface area (Å²) in [6.07, 6.45) is 4.94. The molecule has 0 aliphatic carbocycles. The van der Waals surface area contributed by atoms with Crippen LogP contribution in [0.1, 0.15) is 16.9 Å². The lowest BCUT2D eigenvalue weighted by Crippen LogP contribution is -2.23. The van der Waals surface area contributed by atoms with E-state index in [4.69, 9.17) is 5.73 Å². The third kappa shape index (κ3) is 3.43. The van der Waals surface area contributed by atoms with Gasteiger partial charge in [0.2, 0.25) is 0 Å². The molecular formula is C13H16N2S. The lowest BCUT2D eigenvalue weighted by Gasteiger charge is -2.09. The Balaban J connectivity index is 1.78. The van der Waals surface area contributed by atoms with Crippen LogP contribution >= 0.6 is 11.3 Å². The minimum atomic E-state index is 0.237. The van der Waals surface area contributed by atoms with Crippen molar-refractivity contribution < 1.29 is 0 Å². The van der Waals surface area contributed by atoms with Crippen molar-refractivity contribution in [2.24, 2.45) is 5.73 Å². The maximum Gasteiger partial charge on any atom is 0.0794 e. The molecule has 16 heavy (non-hydrogen) atoms. The average molecular weight is 232 g/mol. The molecule has 2 N–H and O–H groups in total. The van der Waals surface area contributed by atoms with Crippen molar-refractivity contribution in [3.63, 3.8) is 0 Å². The van der Waals surface area contributed by atoms with Crippen molar-refractivity contribution in [3.8, 4) is 0 Å². The number of thiazole rings is 1. The Hall–Kier alpha value is -1.19. The summed E-state index contributed by atoms with van der Waals surface area (Å²) in [5.74, 6) is 0. The average Bonchev–Trinajstić information content (AvgIpc) is 2.81. The van der Waals surface area contributed by atoms with E-state index in [9.17, 15) is 0 Å². The number of rotatable bonds is 5. The Morgan fingerprint density at radius 1 is 1.25 bits per heavy atom. The standard InChI is InChI=1S/C13H16N2S/c14-12(8-13-9-15-10-16-13)7-6-11-4-2-1-3-5-11/h1-5,9-10,12H,6-8,14H2. The first-order valence-electron chi connectivity index (χ1n) is 5.51. The lowest BCUT2D eigenvalue weighted by atomic mass is 10.0. The molecule has 0 bridgehead atoms. The van der Waals surface area contributed by atoms with Gasteiger partial charge in [0, 0.05) is 17.1 Å². The zero-order valence-electron chi connectivity index (χ0n) is 9.17. The molecule has 0 aliphatic rings. The first-order chi connectivity index (χ1) is 7.84. The second-order valence-corrected chi connectivity index (χ2v) is 4.93. The summed E-state index contributed by atoms with van der Waals surface area (Å²) in [4.78, 5) is 5.33. The van der Waals surface area contributed by atoms with Crippen LogP contribution in [-0.4, -0.2) is 11.0 Å². The zero-order chi connectivity index (χ0) is 11.2. The molecule has 0 spiro atoms. The van der Waals surface area contributed by atoms with Gasteiger partial charge in [-0.3, -0.25) is 4.98 Å². The number of hydrogen-bond donors (Lipinski definition) is 1. The summed E-state index contributed by atoms with van der Waals surface area (Å²) in [5.41, 5.74) is 9.32. The maximum absolute atomic E-state index is 6.09. The Kier molecular flexibility index (Phi) is 4.08. The third-order valence-electron chi connectivity index (χ3n) is 2.59. The van der Waals surface area contributed by atoms with Crippen LogP contribution in [0.3, 0.4) is 0 Å².